The minimum atomic E-state index is -3.00. The molecule has 37 heavy (non-hydrogen) atoms. The fraction of sp³-hybridized carbons (Fsp3) is 0.320. The Bertz CT molecular complexity index is 1250. The van der Waals surface area contributed by atoms with Gasteiger partial charge in [0.15, 0.2) is 11.5 Å². The third-order valence-corrected chi connectivity index (χ3v) is 5.53. The zero-order valence-electron chi connectivity index (χ0n) is 19.8. The number of hydrogen-bond acceptors (Lipinski definition) is 7. The Kier molecular flexibility index (Phi) is 9.06. The van der Waals surface area contributed by atoms with E-state index in [2.05, 4.69) is 15.0 Å². The van der Waals surface area contributed by atoms with Crippen molar-refractivity contribution in [3.8, 4) is 23.0 Å². The van der Waals surface area contributed by atoms with Crippen molar-refractivity contribution in [3.63, 3.8) is 0 Å². The van der Waals surface area contributed by atoms with Gasteiger partial charge >= 0.3 is 12.6 Å². The van der Waals surface area contributed by atoms with E-state index in [9.17, 15) is 18.4 Å². The van der Waals surface area contributed by atoms with Gasteiger partial charge < -0.3 is 30.0 Å². The first-order chi connectivity index (χ1) is 17.2. The number of aromatic carboxylic acids is 1. The third-order valence-electron chi connectivity index (χ3n) is 5.53. The molecule has 9 nitrogen and oxygen atoms in total. The van der Waals surface area contributed by atoms with Crippen LogP contribution in [0, 0.1) is 5.92 Å². The SMILES string of the molecule is C[C@H](N)c1oc(-c2ccc(OC(F)F)c(OCC3CC3)c2)nc1CNC(=O)c1ccc(C(=O)O)cc1.Cl. The highest BCUT2D eigenvalue weighted by Crippen LogP contribution is 2.37. The van der Waals surface area contributed by atoms with Gasteiger partial charge in [0.25, 0.3) is 5.91 Å². The average molecular weight is 538 g/mol. The van der Waals surface area contributed by atoms with Crippen LogP contribution in [0.2, 0.25) is 0 Å². The molecule has 4 N–H and O–H groups in total. The molecule has 198 valence electrons. The Morgan fingerprint density at radius 3 is 2.43 bits per heavy atom. The summed E-state index contributed by atoms with van der Waals surface area (Å²) in [5, 5.41) is 11.7. The molecule has 1 amide bonds. The lowest BCUT2D eigenvalue weighted by Crippen LogP contribution is -2.24. The van der Waals surface area contributed by atoms with Crippen molar-refractivity contribution >= 4 is 24.3 Å². The molecule has 1 fully saturated rings. The minimum Gasteiger partial charge on any atom is -0.489 e. The topological polar surface area (TPSA) is 137 Å². The molecule has 0 spiro atoms. The van der Waals surface area contributed by atoms with Gasteiger partial charge in [0.2, 0.25) is 5.89 Å². The quantitative estimate of drug-likeness (QED) is 0.317. The van der Waals surface area contributed by atoms with Gasteiger partial charge in [0.1, 0.15) is 11.5 Å². The molecule has 0 saturated heterocycles. The highest BCUT2D eigenvalue weighted by molar-refractivity contribution is 5.95. The number of carboxylic acid groups (broad SMARTS) is 1. The van der Waals surface area contributed by atoms with E-state index in [1.165, 1.54) is 42.5 Å². The summed E-state index contributed by atoms with van der Waals surface area (Å²) in [4.78, 5) is 28.0. The molecule has 1 aromatic heterocycles. The van der Waals surface area contributed by atoms with Gasteiger partial charge in [-0.3, -0.25) is 4.79 Å². The number of alkyl halides is 2. The predicted molar refractivity (Wildman–Crippen MR) is 131 cm³/mol. The number of halogens is 3. The van der Waals surface area contributed by atoms with Crippen LogP contribution in [0.1, 0.15) is 58.0 Å². The largest absolute Gasteiger partial charge is 0.489 e. The summed E-state index contributed by atoms with van der Waals surface area (Å²) in [7, 11) is 0. The number of amides is 1. The number of benzene rings is 2. The Morgan fingerprint density at radius 2 is 1.84 bits per heavy atom. The second-order valence-electron chi connectivity index (χ2n) is 8.48. The third kappa shape index (κ3) is 7.17. The fourth-order valence-corrected chi connectivity index (χ4v) is 3.44. The molecule has 0 aliphatic heterocycles. The second kappa shape index (κ2) is 12.0. The lowest BCUT2D eigenvalue weighted by molar-refractivity contribution is -0.0515. The van der Waals surface area contributed by atoms with Crippen LogP contribution < -0.4 is 20.5 Å². The van der Waals surface area contributed by atoms with Gasteiger partial charge in [-0.05, 0) is 68.1 Å². The van der Waals surface area contributed by atoms with E-state index in [0.29, 0.717) is 29.5 Å². The van der Waals surface area contributed by atoms with Crippen molar-refractivity contribution in [3.05, 3.63) is 65.0 Å². The summed E-state index contributed by atoms with van der Waals surface area (Å²) >= 11 is 0. The van der Waals surface area contributed by atoms with Crippen LogP contribution in [0.4, 0.5) is 8.78 Å². The number of hydrogen-bond donors (Lipinski definition) is 3. The van der Waals surface area contributed by atoms with Crippen LogP contribution in [0.5, 0.6) is 11.5 Å². The molecule has 0 radical (unpaired) electrons. The van der Waals surface area contributed by atoms with Gasteiger partial charge in [0.05, 0.1) is 24.8 Å². The van der Waals surface area contributed by atoms with E-state index in [1.54, 1.807) is 6.92 Å². The molecular weight excluding hydrogens is 512 g/mol. The maximum Gasteiger partial charge on any atom is 0.387 e. The smallest absolute Gasteiger partial charge is 0.387 e. The van der Waals surface area contributed by atoms with Crippen LogP contribution >= 0.6 is 12.4 Å². The number of rotatable bonds is 11. The second-order valence-corrected chi connectivity index (χ2v) is 8.48. The number of carbonyl (C=O) groups excluding carboxylic acids is 1. The van der Waals surface area contributed by atoms with Crippen LogP contribution in [0.15, 0.2) is 46.9 Å². The number of aromatic nitrogens is 1. The zero-order valence-corrected chi connectivity index (χ0v) is 20.6. The number of nitrogens with one attached hydrogen (secondary N) is 1. The number of carboxylic acids is 1. The van der Waals surface area contributed by atoms with Crippen LogP contribution in [-0.4, -0.2) is 35.2 Å². The number of nitrogens with two attached hydrogens (primary N) is 1. The first-order valence-electron chi connectivity index (χ1n) is 11.3. The Balaban J connectivity index is 0.00000380. The molecule has 2 aromatic carbocycles. The summed E-state index contributed by atoms with van der Waals surface area (Å²) in [5.74, 6) is -0.535. The monoisotopic (exact) mass is 537 g/mol. The van der Waals surface area contributed by atoms with Crippen molar-refractivity contribution < 1.29 is 37.4 Å². The molecule has 1 saturated carbocycles. The zero-order chi connectivity index (χ0) is 25.8. The molecule has 0 unspecified atom stereocenters. The fourth-order valence-electron chi connectivity index (χ4n) is 3.44. The van der Waals surface area contributed by atoms with E-state index >= 15 is 0 Å². The van der Waals surface area contributed by atoms with Crippen molar-refractivity contribution in [1.82, 2.24) is 10.3 Å². The normalized spacial score (nSPS) is 13.5. The highest BCUT2D eigenvalue weighted by atomic mass is 35.5. The Morgan fingerprint density at radius 1 is 1.16 bits per heavy atom. The highest BCUT2D eigenvalue weighted by Gasteiger charge is 2.24. The predicted octanol–water partition coefficient (Wildman–Crippen LogP) is 4.80. The van der Waals surface area contributed by atoms with E-state index in [-0.39, 0.29) is 47.5 Å². The van der Waals surface area contributed by atoms with Gasteiger partial charge in [-0.25, -0.2) is 9.78 Å². The van der Waals surface area contributed by atoms with Crippen molar-refractivity contribution in [2.24, 2.45) is 11.7 Å². The molecule has 4 rings (SSSR count). The summed E-state index contributed by atoms with van der Waals surface area (Å²) in [6.07, 6.45) is 2.06. The van der Waals surface area contributed by atoms with Crippen LogP contribution in [0.3, 0.4) is 0 Å². The van der Waals surface area contributed by atoms with Crippen molar-refractivity contribution in [1.29, 1.82) is 0 Å². The summed E-state index contributed by atoms with van der Waals surface area (Å²) < 4.78 is 41.8. The standard InChI is InChI=1S/C25H25F2N3O6.ClH/c1-13(28)21-18(11-29-22(31)15-4-6-16(7-5-15)24(32)33)30-23(36-21)17-8-9-19(35-25(26)27)20(10-17)34-12-14-2-3-14;/h4-10,13-14,25H,2-3,11-12,28H2,1H3,(H,29,31)(H,32,33);1H/t13-;/m0./s1. The molecule has 12 heteroatoms. The molecular formula is C25H26ClF2N3O6. The summed E-state index contributed by atoms with van der Waals surface area (Å²) in [6.45, 7) is -0.910. The van der Waals surface area contributed by atoms with E-state index in [4.69, 9.17) is 20.0 Å². The number of oxazole rings is 1. The first kappa shape index (κ1) is 27.9. The number of nitrogens with zero attached hydrogens (tertiary/aromatic N) is 1. The van der Waals surface area contributed by atoms with Gasteiger partial charge in [-0.15, -0.1) is 12.4 Å². The summed E-state index contributed by atoms with van der Waals surface area (Å²) in [6, 6.07) is 9.35. The van der Waals surface area contributed by atoms with Crippen LogP contribution in [0.25, 0.3) is 11.5 Å². The molecule has 0 bridgehead atoms. The maximum atomic E-state index is 12.8. The molecule has 1 atom stereocenters. The lowest BCUT2D eigenvalue weighted by Gasteiger charge is -2.12. The lowest BCUT2D eigenvalue weighted by atomic mass is 10.1. The van der Waals surface area contributed by atoms with Gasteiger partial charge in [-0.2, -0.15) is 8.78 Å². The van der Waals surface area contributed by atoms with Gasteiger partial charge in [0, 0.05) is 11.1 Å². The maximum absolute atomic E-state index is 12.8. The van der Waals surface area contributed by atoms with Crippen molar-refractivity contribution in [2.75, 3.05) is 6.61 Å². The van der Waals surface area contributed by atoms with E-state index in [1.807, 2.05) is 0 Å². The van der Waals surface area contributed by atoms with Gasteiger partial charge in [-0.1, -0.05) is 0 Å². The first-order valence-corrected chi connectivity index (χ1v) is 11.3. The molecule has 1 aliphatic carbocycles. The number of ether oxygens (including phenoxy) is 2. The van der Waals surface area contributed by atoms with Crippen LogP contribution in [-0.2, 0) is 6.54 Å². The Hall–Kier alpha value is -3.70. The molecule has 1 heterocycles. The van der Waals surface area contributed by atoms with E-state index in [0.717, 1.165) is 12.8 Å². The molecule has 1 aliphatic rings. The molecule has 3 aromatic rings. The number of carbonyl (C=O) groups is 2. The minimum absolute atomic E-state index is 0. The van der Waals surface area contributed by atoms with Crippen molar-refractivity contribution in [2.45, 2.75) is 39.0 Å². The van der Waals surface area contributed by atoms with E-state index < -0.39 is 24.5 Å². The Labute approximate surface area is 217 Å². The average Bonchev–Trinajstić information content (AvgIpc) is 3.58. The summed E-state index contributed by atoms with van der Waals surface area (Å²) in [5.41, 5.74) is 7.23.